The average Bonchev–Trinajstić information content (AvgIpc) is 3.35. The summed E-state index contributed by atoms with van der Waals surface area (Å²) in [7, 11) is -1.89. The van der Waals surface area contributed by atoms with E-state index in [0.717, 1.165) is 18.2 Å². The predicted octanol–water partition coefficient (Wildman–Crippen LogP) is 2.98. The lowest BCUT2D eigenvalue weighted by Crippen LogP contribution is -2.24. The maximum absolute atomic E-state index is 13.1. The molecule has 0 aromatic carbocycles. The lowest BCUT2D eigenvalue weighted by Gasteiger charge is -2.21. The van der Waals surface area contributed by atoms with Gasteiger partial charge in [0.05, 0.1) is 44.6 Å². The first-order chi connectivity index (χ1) is 16.4. The Bertz CT molecular complexity index is 1130. The lowest BCUT2D eigenvalue weighted by molar-refractivity contribution is -0.117. The quantitative estimate of drug-likeness (QED) is 0.343. The van der Waals surface area contributed by atoms with Gasteiger partial charge in [-0.05, 0) is 12.3 Å². The molecule has 0 saturated carbocycles. The molecular weight excluding hydrogens is 493 g/mol. The van der Waals surface area contributed by atoms with Gasteiger partial charge >= 0.3 is 7.75 Å². The van der Waals surface area contributed by atoms with Crippen molar-refractivity contribution in [2.75, 3.05) is 25.5 Å². The van der Waals surface area contributed by atoms with Crippen LogP contribution in [0.4, 0.5) is 0 Å². The molecule has 0 aliphatic carbocycles. The predicted molar refractivity (Wildman–Crippen MR) is 135 cm³/mol. The van der Waals surface area contributed by atoms with Gasteiger partial charge in [-0.1, -0.05) is 46.4 Å². The first-order valence-corrected chi connectivity index (χ1v) is 14.3. The molecule has 3 rings (SSSR count). The van der Waals surface area contributed by atoms with Gasteiger partial charge in [0.15, 0.2) is 16.3 Å². The number of carbonyl (C=O) groups is 1. The molecule has 2 aromatic rings. The van der Waals surface area contributed by atoms with Crippen molar-refractivity contribution in [1.82, 2.24) is 24.2 Å². The monoisotopic (exact) mass is 529 g/mol. The van der Waals surface area contributed by atoms with Crippen molar-refractivity contribution < 1.29 is 23.1 Å². The number of carbonyl (C=O) groups excluding carboxylic acids is 1. The summed E-state index contributed by atoms with van der Waals surface area (Å²) in [5.74, 6) is 0.607. The molecule has 0 spiro atoms. The van der Waals surface area contributed by atoms with Crippen LogP contribution >= 0.6 is 19.5 Å². The third-order valence-corrected chi connectivity index (χ3v) is 8.63. The zero-order chi connectivity index (χ0) is 25.8. The number of hydrogen-bond acceptors (Lipinski definition) is 9. The maximum Gasteiger partial charge on any atom is 0.405 e. The molecule has 11 nitrogen and oxygen atoms in total. The van der Waals surface area contributed by atoms with Crippen LogP contribution < -0.4 is 10.6 Å². The molecule has 4 atom stereocenters. The number of nitrogens with one attached hydrogen (secondary N) is 1. The van der Waals surface area contributed by atoms with Gasteiger partial charge in [-0.2, -0.15) is 0 Å². The molecule has 196 valence electrons. The summed E-state index contributed by atoms with van der Waals surface area (Å²) in [6.45, 7) is 10.6. The van der Waals surface area contributed by atoms with E-state index in [1.54, 1.807) is 13.4 Å². The second-order valence-electron chi connectivity index (χ2n) is 9.76. The molecule has 1 aliphatic heterocycles. The van der Waals surface area contributed by atoms with Gasteiger partial charge in [-0.25, -0.2) is 19.6 Å². The molecule has 1 saturated heterocycles. The van der Waals surface area contributed by atoms with Crippen molar-refractivity contribution in [3.8, 4) is 0 Å². The van der Waals surface area contributed by atoms with Crippen LogP contribution in [0.1, 0.15) is 41.0 Å². The maximum atomic E-state index is 13.1. The minimum absolute atomic E-state index is 0.0564. The summed E-state index contributed by atoms with van der Waals surface area (Å²) in [5.41, 5.74) is 0.220. The average molecular weight is 530 g/mol. The summed E-state index contributed by atoms with van der Waals surface area (Å²) >= 11 is 1.16. The van der Waals surface area contributed by atoms with E-state index in [1.165, 1.54) is 10.9 Å². The standard InChI is InChI=1S/C22H36N5O6PS/c1-7-25-34(30,31-8-9-35-21(29)22(3,4)5)32-12-16-10-15(2)17(33-16)11-27-14-23-18-19(27)24-13-26(6)20(18)28/h13-17H,7-12H2,1-6H3,(H,25,30)/t15-,16-,17?,34?/m0/s1. The topological polar surface area (TPSA) is 127 Å². The summed E-state index contributed by atoms with van der Waals surface area (Å²) in [6, 6.07) is 0. The number of rotatable bonds is 11. The molecule has 3 heterocycles. The summed E-state index contributed by atoms with van der Waals surface area (Å²) in [6.07, 6.45) is 3.43. The van der Waals surface area contributed by atoms with Crippen LogP contribution in [0.25, 0.3) is 11.2 Å². The highest BCUT2D eigenvalue weighted by Gasteiger charge is 2.35. The van der Waals surface area contributed by atoms with Crippen LogP contribution in [-0.2, 0) is 36.7 Å². The van der Waals surface area contributed by atoms with Gasteiger partial charge < -0.3 is 13.9 Å². The molecule has 0 bridgehead atoms. The van der Waals surface area contributed by atoms with Crippen molar-refractivity contribution in [1.29, 1.82) is 0 Å². The minimum Gasteiger partial charge on any atom is -0.370 e. The molecule has 1 aliphatic rings. The Labute approximate surface area is 209 Å². The molecule has 2 aromatic heterocycles. The van der Waals surface area contributed by atoms with Gasteiger partial charge in [0, 0.05) is 24.8 Å². The van der Waals surface area contributed by atoms with Crippen LogP contribution in [0, 0.1) is 11.3 Å². The van der Waals surface area contributed by atoms with E-state index in [9.17, 15) is 14.2 Å². The summed E-state index contributed by atoms with van der Waals surface area (Å²) in [4.78, 5) is 32.8. The van der Waals surface area contributed by atoms with Crippen LogP contribution in [0.2, 0.25) is 0 Å². The van der Waals surface area contributed by atoms with E-state index in [4.69, 9.17) is 13.8 Å². The van der Waals surface area contributed by atoms with Crippen LogP contribution in [0.15, 0.2) is 17.4 Å². The van der Waals surface area contributed by atoms with E-state index in [1.807, 2.05) is 32.3 Å². The van der Waals surface area contributed by atoms with E-state index < -0.39 is 13.2 Å². The van der Waals surface area contributed by atoms with E-state index in [2.05, 4.69) is 22.0 Å². The lowest BCUT2D eigenvalue weighted by atomic mass is 10.00. The van der Waals surface area contributed by atoms with Crippen molar-refractivity contribution >= 4 is 35.8 Å². The van der Waals surface area contributed by atoms with Gasteiger partial charge in [-0.15, -0.1) is 0 Å². The molecule has 1 N–H and O–H groups in total. The van der Waals surface area contributed by atoms with Crippen molar-refractivity contribution in [3.05, 3.63) is 23.0 Å². The molecule has 0 amide bonds. The fourth-order valence-electron chi connectivity index (χ4n) is 3.70. The Morgan fingerprint density at radius 2 is 2.06 bits per heavy atom. The highest BCUT2D eigenvalue weighted by atomic mass is 32.2. The number of thioether (sulfide) groups is 1. The smallest absolute Gasteiger partial charge is 0.370 e. The molecule has 2 unspecified atom stereocenters. The SMILES string of the molecule is CCNP(=O)(OCCSC(=O)C(C)(C)C)OC[C@@H]1C[C@H](C)C(Cn2cnc3c(=O)n(C)cnc32)O1. The third-order valence-electron chi connectivity index (χ3n) is 5.67. The zero-order valence-electron chi connectivity index (χ0n) is 21.2. The Kier molecular flexibility index (Phi) is 9.33. The number of aromatic nitrogens is 4. The first-order valence-electron chi connectivity index (χ1n) is 11.8. The molecule has 35 heavy (non-hydrogen) atoms. The third kappa shape index (κ3) is 7.24. The number of hydrogen-bond donors (Lipinski definition) is 1. The van der Waals surface area contributed by atoms with E-state index in [0.29, 0.717) is 30.0 Å². The summed E-state index contributed by atoms with van der Waals surface area (Å²) in [5, 5.41) is 2.86. The van der Waals surface area contributed by atoms with Crippen molar-refractivity contribution in [3.63, 3.8) is 0 Å². The second kappa shape index (κ2) is 11.7. The zero-order valence-corrected chi connectivity index (χ0v) is 22.9. The number of aryl methyl sites for hydroxylation is 1. The first kappa shape index (κ1) is 28.0. The minimum atomic E-state index is -3.53. The largest absolute Gasteiger partial charge is 0.405 e. The Morgan fingerprint density at radius 1 is 1.31 bits per heavy atom. The number of imidazole rings is 1. The Balaban J connectivity index is 1.52. The van der Waals surface area contributed by atoms with Gasteiger partial charge in [0.2, 0.25) is 0 Å². The number of nitrogens with zero attached hydrogens (tertiary/aromatic N) is 4. The Hall–Kier alpha value is -1.56. The van der Waals surface area contributed by atoms with E-state index in [-0.39, 0.29) is 42.0 Å². The Morgan fingerprint density at radius 3 is 2.74 bits per heavy atom. The van der Waals surface area contributed by atoms with E-state index >= 15 is 0 Å². The van der Waals surface area contributed by atoms with Crippen molar-refractivity contribution in [2.45, 2.75) is 59.8 Å². The fourth-order valence-corrected chi connectivity index (χ4v) is 5.94. The summed E-state index contributed by atoms with van der Waals surface area (Å²) < 4.78 is 33.7. The number of ether oxygens (including phenoxy) is 1. The van der Waals surface area contributed by atoms with Gasteiger partial charge in [0.1, 0.15) is 0 Å². The van der Waals surface area contributed by atoms with Crippen molar-refractivity contribution in [2.24, 2.45) is 18.4 Å². The van der Waals surface area contributed by atoms with Crippen LogP contribution in [0.3, 0.4) is 0 Å². The van der Waals surface area contributed by atoms with Crippen LogP contribution in [0.5, 0.6) is 0 Å². The molecule has 1 fully saturated rings. The molecular formula is C22H36N5O6PS. The highest BCUT2D eigenvalue weighted by molar-refractivity contribution is 8.13. The van der Waals surface area contributed by atoms with Gasteiger partial charge in [-0.3, -0.25) is 18.6 Å². The second-order valence-corrected chi connectivity index (χ2v) is 12.7. The molecule has 0 radical (unpaired) electrons. The van der Waals surface area contributed by atoms with Gasteiger partial charge in [0.25, 0.3) is 5.56 Å². The normalized spacial score (nSPS) is 22.5. The van der Waals surface area contributed by atoms with Crippen LogP contribution in [-0.4, -0.2) is 61.9 Å². The molecule has 13 heteroatoms. The highest BCUT2D eigenvalue weighted by Crippen LogP contribution is 2.44. The number of fused-ring (bicyclic) bond motifs is 1. The fraction of sp³-hybridized carbons (Fsp3) is 0.727.